The maximum Gasteiger partial charge on any atom is 0.0746 e. The SMILES string of the molecule is CC1(C)CCC(N2CCN(C(C)(C)C)CC2)C1O. The van der Waals surface area contributed by atoms with Crippen LogP contribution >= 0.6 is 0 Å². The largest absolute Gasteiger partial charge is 0.391 e. The smallest absolute Gasteiger partial charge is 0.0746 e. The summed E-state index contributed by atoms with van der Waals surface area (Å²) in [7, 11) is 0. The molecule has 0 radical (unpaired) electrons. The summed E-state index contributed by atoms with van der Waals surface area (Å²) in [5.41, 5.74) is 0.380. The van der Waals surface area contributed by atoms with E-state index in [4.69, 9.17) is 0 Å². The molecular formula is C15H30N2O. The minimum absolute atomic E-state index is 0.103. The minimum atomic E-state index is -0.154. The predicted molar refractivity (Wildman–Crippen MR) is 75.7 cm³/mol. The van der Waals surface area contributed by atoms with Crippen LogP contribution in [0.4, 0.5) is 0 Å². The highest BCUT2D eigenvalue weighted by Gasteiger charge is 2.44. The standard InChI is InChI=1S/C15H30N2O/c1-14(2,3)17-10-8-16(9-11-17)12-6-7-15(4,5)13(12)18/h12-13,18H,6-11H2,1-5H3. The third kappa shape index (κ3) is 2.73. The molecule has 18 heavy (non-hydrogen) atoms. The van der Waals surface area contributed by atoms with Crippen LogP contribution in [0.3, 0.4) is 0 Å². The lowest BCUT2D eigenvalue weighted by Crippen LogP contribution is -2.57. The molecule has 0 aromatic rings. The van der Waals surface area contributed by atoms with Crippen LogP contribution < -0.4 is 0 Å². The van der Waals surface area contributed by atoms with Crippen molar-refractivity contribution in [2.75, 3.05) is 26.2 Å². The normalized spacial score (nSPS) is 35.0. The Morgan fingerprint density at radius 2 is 1.61 bits per heavy atom. The van der Waals surface area contributed by atoms with Crippen molar-refractivity contribution in [3.63, 3.8) is 0 Å². The number of hydrogen-bond donors (Lipinski definition) is 1. The van der Waals surface area contributed by atoms with Crippen molar-refractivity contribution in [2.45, 2.75) is 65.1 Å². The lowest BCUT2D eigenvalue weighted by atomic mass is 9.88. The Labute approximate surface area is 112 Å². The van der Waals surface area contributed by atoms with Crippen LogP contribution in [0, 0.1) is 5.41 Å². The molecule has 1 heterocycles. The highest BCUT2D eigenvalue weighted by Crippen LogP contribution is 2.40. The van der Waals surface area contributed by atoms with Crippen LogP contribution in [0.25, 0.3) is 0 Å². The second kappa shape index (κ2) is 4.77. The zero-order chi connectivity index (χ0) is 13.6. The van der Waals surface area contributed by atoms with Crippen molar-refractivity contribution < 1.29 is 5.11 Å². The molecule has 0 amide bonds. The number of aliphatic hydroxyl groups excluding tert-OH is 1. The summed E-state index contributed by atoms with van der Waals surface area (Å²) in [5, 5.41) is 10.4. The number of piperazine rings is 1. The van der Waals surface area contributed by atoms with Gasteiger partial charge >= 0.3 is 0 Å². The summed E-state index contributed by atoms with van der Waals surface area (Å²) in [6.07, 6.45) is 2.15. The van der Waals surface area contributed by atoms with Gasteiger partial charge < -0.3 is 5.11 Å². The first-order valence-electron chi connectivity index (χ1n) is 7.39. The molecular weight excluding hydrogens is 224 g/mol. The molecule has 3 heteroatoms. The monoisotopic (exact) mass is 254 g/mol. The van der Waals surface area contributed by atoms with E-state index in [-0.39, 0.29) is 17.1 Å². The predicted octanol–water partition coefficient (Wildman–Crippen LogP) is 1.95. The summed E-state index contributed by atoms with van der Waals surface area (Å²) in [6.45, 7) is 15.7. The lowest BCUT2D eigenvalue weighted by molar-refractivity contribution is -0.0166. The molecule has 0 aromatic heterocycles. The van der Waals surface area contributed by atoms with E-state index >= 15 is 0 Å². The van der Waals surface area contributed by atoms with Gasteiger partial charge in [-0.25, -0.2) is 0 Å². The summed E-state index contributed by atoms with van der Waals surface area (Å²) < 4.78 is 0. The van der Waals surface area contributed by atoms with Gasteiger partial charge in [-0.05, 0) is 39.0 Å². The van der Waals surface area contributed by atoms with Gasteiger partial charge in [0.05, 0.1) is 6.10 Å². The van der Waals surface area contributed by atoms with Crippen LogP contribution in [-0.2, 0) is 0 Å². The molecule has 1 aliphatic heterocycles. The molecule has 1 saturated carbocycles. The van der Waals surface area contributed by atoms with Crippen molar-refractivity contribution in [1.82, 2.24) is 9.80 Å². The summed E-state index contributed by atoms with van der Waals surface area (Å²) in [5.74, 6) is 0. The number of hydrogen-bond acceptors (Lipinski definition) is 3. The van der Waals surface area contributed by atoms with Crippen molar-refractivity contribution in [3.8, 4) is 0 Å². The Morgan fingerprint density at radius 3 is 2.00 bits per heavy atom. The van der Waals surface area contributed by atoms with Crippen molar-refractivity contribution in [3.05, 3.63) is 0 Å². The molecule has 3 nitrogen and oxygen atoms in total. The van der Waals surface area contributed by atoms with Gasteiger partial charge in [0.25, 0.3) is 0 Å². The van der Waals surface area contributed by atoms with E-state index in [2.05, 4.69) is 44.4 Å². The van der Waals surface area contributed by atoms with Crippen molar-refractivity contribution in [1.29, 1.82) is 0 Å². The molecule has 2 rings (SSSR count). The van der Waals surface area contributed by atoms with E-state index in [1.165, 1.54) is 0 Å². The lowest BCUT2D eigenvalue weighted by Gasteiger charge is -2.45. The fourth-order valence-corrected chi connectivity index (χ4v) is 3.45. The highest BCUT2D eigenvalue weighted by atomic mass is 16.3. The molecule has 0 bridgehead atoms. The average Bonchev–Trinajstić information content (AvgIpc) is 2.53. The van der Waals surface area contributed by atoms with Gasteiger partial charge in [-0.1, -0.05) is 13.8 Å². The van der Waals surface area contributed by atoms with Gasteiger partial charge in [-0.3, -0.25) is 9.80 Å². The third-order valence-corrected chi connectivity index (χ3v) is 4.98. The Morgan fingerprint density at radius 1 is 1.06 bits per heavy atom. The van der Waals surface area contributed by atoms with Gasteiger partial charge in [0, 0.05) is 37.8 Å². The van der Waals surface area contributed by atoms with E-state index in [0.717, 1.165) is 39.0 Å². The highest BCUT2D eigenvalue weighted by molar-refractivity contribution is 4.98. The Balaban J connectivity index is 1.91. The van der Waals surface area contributed by atoms with Crippen LogP contribution in [-0.4, -0.2) is 58.8 Å². The van der Waals surface area contributed by atoms with Gasteiger partial charge in [0.15, 0.2) is 0 Å². The van der Waals surface area contributed by atoms with E-state index < -0.39 is 0 Å². The zero-order valence-corrected chi connectivity index (χ0v) is 12.7. The Bertz CT molecular complexity index is 287. The van der Waals surface area contributed by atoms with Gasteiger partial charge in [-0.15, -0.1) is 0 Å². The van der Waals surface area contributed by atoms with Gasteiger partial charge in [-0.2, -0.15) is 0 Å². The quantitative estimate of drug-likeness (QED) is 0.775. The summed E-state index contributed by atoms with van der Waals surface area (Å²) >= 11 is 0. The van der Waals surface area contributed by atoms with E-state index in [9.17, 15) is 5.11 Å². The Hall–Kier alpha value is -0.120. The maximum atomic E-state index is 10.4. The first kappa shape index (κ1) is 14.3. The van der Waals surface area contributed by atoms with Crippen LogP contribution in [0.15, 0.2) is 0 Å². The molecule has 0 spiro atoms. The zero-order valence-electron chi connectivity index (χ0n) is 12.7. The van der Waals surface area contributed by atoms with Gasteiger partial charge in [0.2, 0.25) is 0 Å². The molecule has 1 N–H and O–H groups in total. The topological polar surface area (TPSA) is 26.7 Å². The average molecular weight is 254 g/mol. The number of nitrogens with zero attached hydrogens (tertiary/aromatic N) is 2. The van der Waals surface area contributed by atoms with Gasteiger partial charge in [0.1, 0.15) is 0 Å². The van der Waals surface area contributed by atoms with Crippen molar-refractivity contribution in [2.24, 2.45) is 5.41 Å². The summed E-state index contributed by atoms with van der Waals surface area (Å²) in [4.78, 5) is 5.07. The first-order chi connectivity index (χ1) is 8.22. The molecule has 0 aromatic carbocycles. The molecule has 1 aliphatic carbocycles. The molecule has 2 fully saturated rings. The maximum absolute atomic E-state index is 10.4. The van der Waals surface area contributed by atoms with E-state index in [1.54, 1.807) is 0 Å². The second-order valence-corrected chi connectivity index (χ2v) is 7.73. The van der Waals surface area contributed by atoms with Crippen LogP contribution in [0.5, 0.6) is 0 Å². The van der Waals surface area contributed by atoms with Crippen molar-refractivity contribution >= 4 is 0 Å². The van der Waals surface area contributed by atoms with E-state index in [0.29, 0.717) is 6.04 Å². The molecule has 2 aliphatic rings. The minimum Gasteiger partial charge on any atom is -0.391 e. The van der Waals surface area contributed by atoms with Crippen LogP contribution in [0.1, 0.15) is 47.5 Å². The molecule has 2 atom stereocenters. The third-order valence-electron chi connectivity index (χ3n) is 4.98. The van der Waals surface area contributed by atoms with E-state index in [1.807, 2.05) is 0 Å². The first-order valence-corrected chi connectivity index (χ1v) is 7.39. The molecule has 1 saturated heterocycles. The fourth-order valence-electron chi connectivity index (χ4n) is 3.45. The second-order valence-electron chi connectivity index (χ2n) is 7.73. The fraction of sp³-hybridized carbons (Fsp3) is 1.00. The number of aliphatic hydroxyl groups is 1. The summed E-state index contributed by atoms with van der Waals surface area (Å²) in [6, 6.07) is 0.391. The number of rotatable bonds is 1. The van der Waals surface area contributed by atoms with Crippen LogP contribution in [0.2, 0.25) is 0 Å². The molecule has 2 unspecified atom stereocenters. The Kier molecular flexibility index (Phi) is 3.79. The molecule has 106 valence electrons.